The van der Waals surface area contributed by atoms with Gasteiger partial charge in [-0.25, -0.2) is 4.39 Å². The molecular formula is C26H34FN3O. The van der Waals surface area contributed by atoms with Gasteiger partial charge >= 0.3 is 0 Å². The molecule has 4 nitrogen and oxygen atoms in total. The predicted octanol–water partition coefficient (Wildman–Crippen LogP) is 5.86. The van der Waals surface area contributed by atoms with E-state index in [9.17, 15) is 9.18 Å². The van der Waals surface area contributed by atoms with Crippen molar-refractivity contribution in [1.82, 2.24) is 10.3 Å². The summed E-state index contributed by atoms with van der Waals surface area (Å²) in [4.78, 5) is 18.1. The number of aryl methyl sites for hydroxylation is 1. The van der Waals surface area contributed by atoms with Gasteiger partial charge in [0, 0.05) is 30.7 Å². The maximum Gasteiger partial charge on any atom is 0.268 e. The predicted molar refractivity (Wildman–Crippen MR) is 128 cm³/mol. The molecule has 1 aliphatic rings. The van der Waals surface area contributed by atoms with Crippen molar-refractivity contribution in [2.45, 2.75) is 52.9 Å². The highest BCUT2D eigenvalue weighted by Crippen LogP contribution is 2.25. The van der Waals surface area contributed by atoms with Crippen LogP contribution in [0.25, 0.3) is 10.9 Å². The molecule has 1 aromatic heterocycles. The SMILES string of the molecule is CC.CCc1c(C(=O)NCCc2ccc(N3CCCCC3)cc2)[nH]c2c(F)cccc12. The smallest absolute Gasteiger partial charge is 0.268 e. The molecule has 0 aliphatic carbocycles. The number of nitrogens with zero attached hydrogens (tertiary/aromatic N) is 1. The summed E-state index contributed by atoms with van der Waals surface area (Å²) in [5.74, 6) is -0.507. The lowest BCUT2D eigenvalue weighted by atomic mass is 10.1. The quantitative estimate of drug-likeness (QED) is 0.522. The number of nitrogens with one attached hydrogen (secondary N) is 2. The van der Waals surface area contributed by atoms with Crippen LogP contribution in [0.3, 0.4) is 0 Å². The van der Waals surface area contributed by atoms with E-state index in [-0.39, 0.29) is 11.7 Å². The summed E-state index contributed by atoms with van der Waals surface area (Å²) in [6.07, 6.45) is 5.31. The van der Waals surface area contributed by atoms with E-state index < -0.39 is 0 Å². The molecule has 2 aromatic carbocycles. The maximum absolute atomic E-state index is 14.1. The van der Waals surface area contributed by atoms with Gasteiger partial charge in [-0.3, -0.25) is 4.79 Å². The monoisotopic (exact) mass is 423 g/mol. The van der Waals surface area contributed by atoms with Crippen molar-refractivity contribution >= 4 is 22.5 Å². The molecule has 0 saturated carbocycles. The van der Waals surface area contributed by atoms with Crippen LogP contribution in [-0.2, 0) is 12.8 Å². The fraction of sp³-hybridized carbons (Fsp3) is 0.423. The molecule has 0 spiro atoms. The topological polar surface area (TPSA) is 48.1 Å². The highest BCUT2D eigenvalue weighted by molar-refractivity contribution is 6.01. The molecule has 1 fully saturated rings. The minimum absolute atomic E-state index is 0.178. The molecule has 3 aromatic rings. The average Bonchev–Trinajstić information content (AvgIpc) is 3.21. The first-order chi connectivity index (χ1) is 15.2. The second-order valence-electron chi connectivity index (χ2n) is 7.71. The molecule has 5 heteroatoms. The van der Waals surface area contributed by atoms with E-state index in [1.165, 1.54) is 36.6 Å². The molecule has 166 valence electrons. The molecule has 1 saturated heterocycles. The minimum Gasteiger partial charge on any atom is -0.372 e. The van der Waals surface area contributed by atoms with Crippen LogP contribution in [0.1, 0.15) is 61.6 Å². The Bertz CT molecular complexity index is 988. The first kappa shape index (κ1) is 22.9. The summed E-state index contributed by atoms with van der Waals surface area (Å²) >= 11 is 0. The second-order valence-corrected chi connectivity index (χ2v) is 7.71. The van der Waals surface area contributed by atoms with Gasteiger partial charge in [0.1, 0.15) is 11.5 Å². The molecule has 2 N–H and O–H groups in total. The number of fused-ring (bicyclic) bond motifs is 1. The van der Waals surface area contributed by atoms with Crippen molar-refractivity contribution in [1.29, 1.82) is 0 Å². The molecule has 2 heterocycles. The Labute approximate surface area is 184 Å². The van der Waals surface area contributed by atoms with Crippen LogP contribution < -0.4 is 10.2 Å². The Morgan fingerprint density at radius 2 is 1.77 bits per heavy atom. The number of piperidine rings is 1. The summed E-state index contributed by atoms with van der Waals surface area (Å²) in [7, 11) is 0. The summed E-state index contributed by atoms with van der Waals surface area (Å²) in [6.45, 7) is 8.80. The zero-order valence-electron chi connectivity index (χ0n) is 18.9. The highest BCUT2D eigenvalue weighted by Gasteiger charge is 2.18. The van der Waals surface area contributed by atoms with Gasteiger partial charge < -0.3 is 15.2 Å². The van der Waals surface area contributed by atoms with E-state index in [4.69, 9.17) is 0 Å². The van der Waals surface area contributed by atoms with E-state index in [1.54, 1.807) is 6.07 Å². The lowest BCUT2D eigenvalue weighted by Crippen LogP contribution is -2.29. The van der Waals surface area contributed by atoms with Gasteiger partial charge in [0.05, 0.1) is 5.52 Å². The average molecular weight is 424 g/mol. The highest BCUT2D eigenvalue weighted by atomic mass is 19.1. The molecule has 1 amide bonds. The second kappa shape index (κ2) is 11.0. The molecule has 0 bridgehead atoms. The van der Waals surface area contributed by atoms with Crippen LogP contribution >= 0.6 is 0 Å². The number of amides is 1. The summed E-state index contributed by atoms with van der Waals surface area (Å²) in [5.41, 5.74) is 4.22. The Morgan fingerprint density at radius 3 is 2.45 bits per heavy atom. The zero-order valence-corrected chi connectivity index (χ0v) is 18.9. The molecular weight excluding hydrogens is 389 g/mol. The van der Waals surface area contributed by atoms with Gasteiger partial charge in [-0.2, -0.15) is 0 Å². The van der Waals surface area contributed by atoms with Gasteiger partial charge in [0.25, 0.3) is 5.91 Å². The number of carbonyl (C=O) groups excluding carboxylic acids is 1. The Morgan fingerprint density at radius 1 is 1.06 bits per heavy atom. The number of para-hydroxylation sites is 1. The van der Waals surface area contributed by atoms with Crippen molar-refractivity contribution in [2.24, 2.45) is 0 Å². The third kappa shape index (κ3) is 5.27. The van der Waals surface area contributed by atoms with E-state index in [1.807, 2.05) is 26.8 Å². The number of benzene rings is 2. The first-order valence-electron chi connectivity index (χ1n) is 11.6. The number of H-pyrrole nitrogens is 1. The number of anilines is 1. The lowest BCUT2D eigenvalue weighted by molar-refractivity contribution is 0.0949. The van der Waals surface area contributed by atoms with Crippen LogP contribution in [0.2, 0.25) is 0 Å². The lowest BCUT2D eigenvalue weighted by Gasteiger charge is -2.28. The molecule has 31 heavy (non-hydrogen) atoms. The van der Waals surface area contributed by atoms with Gasteiger partial charge in [-0.15, -0.1) is 0 Å². The largest absolute Gasteiger partial charge is 0.372 e. The summed E-state index contributed by atoms with van der Waals surface area (Å²) < 4.78 is 14.1. The summed E-state index contributed by atoms with van der Waals surface area (Å²) in [6, 6.07) is 13.6. The van der Waals surface area contributed by atoms with Crippen LogP contribution in [-0.4, -0.2) is 30.5 Å². The van der Waals surface area contributed by atoms with Gasteiger partial charge in [-0.1, -0.05) is 45.0 Å². The van der Waals surface area contributed by atoms with Crippen LogP contribution in [0.5, 0.6) is 0 Å². The number of hydrogen-bond donors (Lipinski definition) is 2. The van der Waals surface area contributed by atoms with Crippen molar-refractivity contribution in [2.75, 3.05) is 24.5 Å². The van der Waals surface area contributed by atoms with Gasteiger partial charge in [0.2, 0.25) is 0 Å². The molecule has 0 atom stereocenters. The van der Waals surface area contributed by atoms with Gasteiger partial charge in [0.15, 0.2) is 0 Å². The fourth-order valence-corrected chi connectivity index (χ4v) is 4.23. The number of aromatic amines is 1. The fourth-order valence-electron chi connectivity index (χ4n) is 4.23. The maximum atomic E-state index is 14.1. The summed E-state index contributed by atoms with van der Waals surface area (Å²) in [5, 5.41) is 3.76. The molecule has 1 aliphatic heterocycles. The number of halogens is 1. The van der Waals surface area contributed by atoms with E-state index in [2.05, 4.69) is 39.5 Å². The van der Waals surface area contributed by atoms with Crippen LogP contribution in [0, 0.1) is 5.82 Å². The van der Waals surface area contributed by atoms with Gasteiger partial charge in [-0.05, 0) is 61.4 Å². The van der Waals surface area contributed by atoms with E-state index in [0.717, 1.165) is 30.5 Å². The van der Waals surface area contributed by atoms with E-state index >= 15 is 0 Å². The van der Waals surface area contributed by atoms with Crippen molar-refractivity contribution in [3.8, 4) is 0 Å². The molecule has 4 rings (SSSR count). The number of hydrogen-bond acceptors (Lipinski definition) is 2. The number of carbonyl (C=O) groups is 1. The molecule has 0 radical (unpaired) electrons. The van der Waals surface area contributed by atoms with Crippen molar-refractivity contribution < 1.29 is 9.18 Å². The van der Waals surface area contributed by atoms with Crippen LogP contribution in [0.15, 0.2) is 42.5 Å². The Kier molecular flexibility index (Phi) is 8.10. The molecule has 0 unspecified atom stereocenters. The zero-order chi connectivity index (χ0) is 22.2. The van der Waals surface area contributed by atoms with Crippen LogP contribution in [0.4, 0.5) is 10.1 Å². The first-order valence-corrected chi connectivity index (χ1v) is 11.6. The Hall–Kier alpha value is -2.82. The third-order valence-electron chi connectivity index (χ3n) is 5.83. The number of aromatic nitrogens is 1. The van der Waals surface area contributed by atoms with E-state index in [0.29, 0.717) is 24.2 Å². The minimum atomic E-state index is -0.329. The number of rotatable bonds is 6. The standard InChI is InChI=1S/C24H28FN3O.C2H6/c1-2-19-20-7-6-8-21(25)22(20)27-23(19)24(29)26-14-13-17-9-11-18(12-10-17)28-15-4-3-5-16-28;1-2/h6-12,27H,2-5,13-16H2,1H3,(H,26,29);1-2H3. The van der Waals surface area contributed by atoms with Crippen molar-refractivity contribution in [3.05, 3.63) is 65.1 Å². The van der Waals surface area contributed by atoms with Crippen molar-refractivity contribution in [3.63, 3.8) is 0 Å². The third-order valence-corrected chi connectivity index (χ3v) is 5.83. The Balaban J connectivity index is 0.00000132. The normalized spacial score (nSPS) is 13.6.